The third-order valence-corrected chi connectivity index (χ3v) is 14.6. The number of benzene rings is 2. The van der Waals surface area contributed by atoms with E-state index in [0.29, 0.717) is 0 Å². The molecule has 0 unspecified atom stereocenters. The molecule has 0 amide bonds. The molecule has 0 fully saturated rings. The van der Waals surface area contributed by atoms with Crippen molar-refractivity contribution in [3.8, 4) is 11.1 Å². The monoisotopic (exact) mass is 763 g/mol. The summed E-state index contributed by atoms with van der Waals surface area (Å²) in [6, 6.07) is 18.9. The van der Waals surface area contributed by atoms with Gasteiger partial charge in [-0.05, 0) is 83.8 Å². The van der Waals surface area contributed by atoms with E-state index < -0.39 is 0 Å². The van der Waals surface area contributed by atoms with Crippen LogP contribution in [0.2, 0.25) is 0 Å². The van der Waals surface area contributed by atoms with Crippen LogP contribution >= 0.6 is 23.5 Å². The maximum Gasteiger partial charge on any atom is 0.0215 e. The lowest BCUT2D eigenvalue weighted by Gasteiger charge is -2.33. The van der Waals surface area contributed by atoms with E-state index in [1.807, 2.05) is 0 Å². The van der Waals surface area contributed by atoms with Crippen molar-refractivity contribution in [2.24, 2.45) is 0 Å². The van der Waals surface area contributed by atoms with Crippen molar-refractivity contribution >= 4 is 23.5 Å². The predicted molar refractivity (Wildman–Crippen MR) is 246 cm³/mol. The summed E-state index contributed by atoms with van der Waals surface area (Å²) in [5, 5.41) is 0. The van der Waals surface area contributed by atoms with Gasteiger partial charge in [0, 0.05) is 5.41 Å². The summed E-state index contributed by atoms with van der Waals surface area (Å²) in [6.07, 6.45) is 45.5. The van der Waals surface area contributed by atoms with Crippen LogP contribution in [0.5, 0.6) is 0 Å². The van der Waals surface area contributed by atoms with Crippen LogP contribution in [0.3, 0.4) is 0 Å². The quantitative estimate of drug-likeness (QED) is 0.0625. The molecule has 3 rings (SSSR count). The van der Waals surface area contributed by atoms with Gasteiger partial charge in [0.05, 0.1) is 0 Å². The van der Waals surface area contributed by atoms with Gasteiger partial charge in [-0.15, -0.1) is 0 Å². The van der Waals surface area contributed by atoms with Crippen molar-refractivity contribution < 1.29 is 0 Å². The Labute approximate surface area is 340 Å². The molecule has 0 radical (unpaired) electrons. The Morgan fingerprint density at radius 1 is 0.321 bits per heavy atom. The van der Waals surface area contributed by atoms with Gasteiger partial charge in [-0.3, -0.25) is 0 Å². The summed E-state index contributed by atoms with van der Waals surface area (Å²) in [4.78, 5) is 0. The molecular weight excluding hydrogens is 677 g/mol. The Bertz CT molecular complexity index is 1020. The highest BCUT2D eigenvalue weighted by molar-refractivity contribution is 7.99. The summed E-state index contributed by atoms with van der Waals surface area (Å²) < 4.78 is 0. The standard InChI is InChI=1S/C51H86S2/c1-3-5-7-9-17-23-33-43-52-45-35-25-19-13-11-15-21-31-41-51(49-39-29-27-37-47(49)48-38-28-30-40-50(48)51)42-32-22-16-12-14-20-26-36-46-53-44-34-24-18-10-8-6-4-2/h27-30,37-40H,3-26,31-36,41-46H2,1-2H3. The first-order chi connectivity index (χ1) is 26.3. The molecule has 0 saturated carbocycles. The topological polar surface area (TPSA) is 0 Å². The number of unbranched alkanes of at least 4 members (excludes halogenated alkanes) is 26. The minimum Gasteiger partial charge on any atom is -0.162 e. The molecule has 2 heteroatoms. The fourth-order valence-corrected chi connectivity index (χ4v) is 11.0. The van der Waals surface area contributed by atoms with Crippen LogP contribution in [0, 0.1) is 0 Å². The van der Waals surface area contributed by atoms with Crippen molar-refractivity contribution in [1.82, 2.24) is 0 Å². The highest BCUT2D eigenvalue weighted by Gasteiger charge is 2.41. The van der Waals surface area contributed by atoms with Gasteiger partial charge >= 0.3 is 0 Å². The van der Waals surface area contributed by atoms with Gasteiger partial charge in [-0.2, -0.15) is 23.5 Å². The van der Waals surface area contributed by atoms with Crippen molar-refractivity contribution in [2.45, 2.75) is 225 Å². The van der Waals surface area contributed by atoms with E-state index in [2.05, 4.69) is 85.9 Å². The van der Waals surface area contributed by atoms with Crippen LogP contribution in [0.15, 0.2) is 48.5 Å². The lowest BCUT2D eigenvalue weighted by atomic mass is 9.70. The lowest BCUT2D eigenvalue weighted by molar-refractivity contribution is 0.397. The smallest absolute Gasteiger partial charge is 0.0215 e. The van der Waals surface area contributed by atoms with E-state index >= 15 is 0 Å². The highest BCUT2D eigenvalue weighted by Crippen LogP contribution is 2.54. The van der Waals surface area contributed by atoms with Gasteiger partial charge in [0.15, 0.2) is 0 Å². The van der Waals surface area contributed by atoms with Gasteiger partial charge in [0.25, 0.3) is 0 Å². The van der Waals surface area contributed by atoms with Crippen LogP contribution in [-0.2, 0) is 5.41 Å². The van der Waals surface area contributed by atoms with Gasteiger partial charge in [-0.1, -0.05) is 229 Å². The molecule has 0 spiro atoms. The van der Waals surface area contributed by atoms with Crippen molar-refractivity contribution in [2.75, 3.05) is 23.0 Å². The minimum absolute atomic E-state index is 0.229. The summed E-state index contributed by atoms with van der Waals surface area (Å²) in [6.45, 7) is 4.62. The molecule has 0 atom stereocenters. The van der Waals surface area contributed by atoms with E-state index in [1.165, 1.54) is 240 Å². The molecule has 0 aromatic heterocycles. The summed E-state index contributed by atoms with van der Waals surface area (Å²) in [7, 11) is 0. The van der Waals surface area contributed by atoms with Crippen molar-refractivity contribution in [3.05, 3.63) is 59.7 Å². The van der Waals surface area contributed by atoms with Crippen LogP contribution < -0.4 is 0 Å². The summed E-state index contributed by atoms with van der Waals surface area (Å²) >= 11 is 4.43. The molecule has 2 aromatic carbocycles. The Balaban J connectivity index is 1.25. The highest BCUT2D eigenvalue weighted by atomic mass is 32.2. The molecule has 0 heterocycles. The first-order valence-electron chi connectivity index (χ1n) is 23.7. The molecule has 0 N–H and O–H groups in total. The van der Waals surface area contributed by atoms with Gasteiger partial charge in [0.1, 0.15) is 0 Å². The second kappa shape index (κ2) is 32.2. The molecule has 1 aliphatic rings. The molecular formula is C51H86S2. The molecule has 302 valence electrons. The molecule has 0 nitrogen and oxygen atoms in total. The number of fused-ring (bicyclic) bond motifs is 3. The van der Waals surface area contributed by atoms with Crippen LogP contribution in [0.1, 0.15) is 230 Å². The molecule has 0 saturated heterocycles. The van der Waals surface area contributed by atoms with Crippen LogP contribution in [-0.4, -0.2) is 23.0 Å². The second-order valence-corrected chi connectivity index (χ2v) is 19.2. The number of hydrogen-bond donors (Lipinski definition) is 0. The average Bonchev–Trinajstić information content (AvgIpc) is 3.46. The molecule has 0 bridgehead atoms. The van der Waals surface area contributed by atoms with E-state index in [1.54, 1.807) is 11.1 Å². The molecule has 1 aliphatic carbocycles. The zero-order valence-corrected chi connectivity index (χ0v) is 37.0. The molecule has 0 aliphatic heterocycles. The third kappa shape index (κ3) is 19.7. The lowest BCUT2D eigenvalue weighted by Crippen LogP contribution is -2.25. The number of thioether (sulfide) groups is 2. The van der Waals surface area contributed by atoms with Crippen LogP contribution in [0.4, 0.5) is 0 Å². The van der Waals surface area contributed by atoms with Gasteiger partial charge in [-0.25, -0.2) is 0 Å². The Hall–Kier alpha value is -0.860. The van der Waals surface area contributed by atoms with E-state index in [4.69, 9.17) is 0 Å². The number of hydrogen-bond acceptors (Lipinski definition) is 2. The average molecular weight is 763 g/mol. The van der Waals surface area contributed by atoms with Gasteiger partial charge < -0.3 is 0 Å². The zero-order chi connectivity index (χ0) is 37.3. The largest absolute Gasteiger partial charge is 0.162 e. The normalized spacial score (nSPS) is 13.1. The first-order valence-corrected chi connectivity index (χ1v) is 26.0. The maximum atomic E-state index is 2.48. The second-order valence-electron chi connectivity index (χ2n) is 16.8. The van der Waals surface area contributed by atoms with Gasteiger partial charge in [0.2, 0.25) is 0 Å². The molecule has 53 heavy (non-hydrogen) atoms. The third-order valence-electron chi connectivity index (χ3n) is 12.2. The Morgan fingerprint density at radius 3 is 0.906 bits per heavy atom. The predicted octanol–water partition coefficient (Wildman–Crippen LogP) is 17.9. The van der Waals surface area contributed by atoms with E-state index in [0.717, 1.165) is 0 Å². The first kappa shape index (κ1) is 46.5. The summed E-state index contributed by atoms with van der Waals surface area (Å²) in [5.74, 6) is 5.56. The van der Waals surface area contributed by atoms with E-state index in [9.17, 15) is 0 Å². The fraction of sp³-hybridized carbons (Fsp3) is 0.765. The number of rotatable bonds is 38. The fourth-order valence-electron chi connectivity index (χ4n) is 8.99. The molecule has 2 aromatic rings. The Kier molecular flexibility index (Phi) is 28.3. The van der Waals surface area contributed by atoms with Crippen LogP contribution in [0.25, 0.3) is 11.1 Å². The van der Waals surface area contributed by atoms with Crippen molar-refractivity contribution in [3.63, 3.8) is 0 Å². The zero-order valence-electron chi connectivity index (χ0n) is 35.4. The summed E-state index contributed by atoms with van der Waals surface area (Å²) in [5.41, 5.74) is 6.53. The van der Waals surface area contributed by atoms with Crippen molar-refractivity contribution in [1.29, 1.82) is 0 Å². The SMILES string of the molecule is CCCCCCCCCSCCCCCCCCCCC1(CCCCCCCCCCSCCCCCCCCC)c2ccccc2-c2ccccc21. The Morgan fingerprint density at radius 2 is 0.585 bits per heavy atom. The van der Waals surface area contributed by atoms with E-state index in [-0.39, 0.29) is 5.41 Å². The minimum atomic E-state index is 0.229. The maximum absolute atomic E-state index is 2.48.